The number of pyridine rings is 1. The van der Waals surface area contributed by atoms with E-state index in [0.29, 0.717) is 24.2 Å². The molecule has 1 aromatic heterocycles. The normalized spacial score (nSPS) is 18.6. The van der Waals surface area contributed by atoms with Crippen molar-refractivity contribution in [3.63, 3.8) is 0 Å². The Morgan fingerprint density at radius 2 is 2.38 bits per heavy atom. The molecule has 0 amide bonds. The molecule has 7 nitrogen and oxygen atoms in total. The minimum absolute atomic E-state index is 0.0646. The highest BCUT2D eigenvalue weighted by Gasteiger charge is 2.27. The van der Waals surface area contributed by atoms with Gasteiger partial charge in [-0.15, -0.1) is 0 Å². The number of aromatic nitrogens is 1. The SMILES string of the molecule is CCNc1ccc([N+](=O)[O-])c(N2CCCC(COC)C2)n1. The van der Waals surface area contributed by atoms with Crippen LogP contribution in [0.3, 0.4) is 0 Å². The van der Waals surface area contributed by atoms with E-state index in [1.807, 2.05) is 11.8 Å². The smallest absolute Gasteiger partial charge is 0.311 e. The molecule has 1 aromatic rings. The number of anilines is 2. The summed E-state index contributed by atoms with van der Waals surface area (Å²) in [6, 6.07) is 3.18. The van der Waals surface area contributed by atoms with E-state index in [9.17, 15) is 10.1 Å². The Kier molecular flexibility index (Phi) is 5.32. The lowest BCUT2D eigenvalue weighted by Gasteiger charge is -2.33. The highest BCUT2D eigenvalue weighted by molar-refractivity contribution is 5.62. The molecule has 2 rings (SSSR count). The van der Waals surface area contributed by atoms with Crippen molar-refractivity contribution >= 4 is 17.3 Å². The van der Waals surface area contributed by atoms with Crippen LogP contribution in [-0.2, 0) is 4.74 Å². The Hall–Kier alpha value is -1.89. The Morgan fingerprint density at radius 3 is 3.05 bits per heavy atom. The molecule has 0 bridgehead atoms. The second-order valence-electron chi connectivity index (χ2n) is 5.24. The van der Waals surface area contributed by atoms with E-state index < -0.39 is 0 Å². The molecule has 0 aliphatic carbocycles. The van der Waals surface area contributed by atoms with Gasteiger partial charge in [0.2, 0.25) is 5.82 Å². The number of methoxy groups -OCH3 is 1. The number of hydrogen-bond donors (Lipinski definition) is 1. The standard InChI is InChI=1S/C14H22N4O3/c1-3-15-13-7-6-12(18(19)20)14(16-13)17-8-4-5-11(9-17)10-21-2/h6-7,11H,3-5,8-10H2,1-2H3,(H,15,16). The first-order valence-corrected chi connectivity index (χ1v) is 7.29. The third-order valence-corrected chi connectivity index (χ3v) is 3.63. The van der Waals surface area contributed by atoms with Crippen LogP contribution >= 0.6 is 0 Å². The summed E-state index contributed by atoms with van der Waals surface area (Å²) in [5.41, 5.74) is 0.0646. The molecule has 0 saturated carbocycles. The number of rotatable bonds is 6. The zero-order valence-electron chi connectivity index (χ0n) is 12.5. The van der Waals surface area contributed by atoms with Gasteiger partial charge in [0.25, 0.3) is 0 Å². The van der Waals surface area contributed by atoms with Crippen molar-refractivity contribution in [2.45, 2.75) is 19.8 Å². The number of nitrogens with zero attached hydrogens (tertiary/aromatic N) is 3. The molecule has 116 valence electrons. The van der Waals surface area contributed by atoms with Crippen LogP contribution < -0.4 is 10.2 Å². The van der Waals surface area contributed by atoms with Gasteiger partial charge in [-0.05, 0) is 31.7 Å². The summed E-state index contributed by atoms with van der Waals surface area (Å²) in [4.78, 5) is 17.3. The van der Waals surface area contributed by atoms with Gasteiger partial charge >= 0.3 is 5.69 Å². The Morgan fingerprint density at radius 1 is 1.57 bits per heavy atom. The monoisotopic (exact) mass is 294 g/mol. The molecule has 1 atom stereocenters. The van der Waals surface area contributed by atoms with Crippen LogP contribution in [0.25, 0.3) is 0 Å². The van der Waals surface area contributed by atoms with Crippen molar-refractivity contribution in [2.24, 2.45) is 5.92 Å². The Labute approximate surface area is 124 Å². The van der Waals surface area contributed by atoms with E-state index in [-0.39, 0.29) is 10.6 Å². The Bertz CT molecular complexity index is 493. The Balaban J connectivity index is 2.26. The molecule has 1 aliphatic heterocycles. The van der Waals surface area contributed by atoms with Crippen LogP contribution in [0, 0.1) is 16.0 Å². The van der Waals surface area contributed by atoms with E-state index in [2.05, 4.69) is 10.3 Å². The van der Waals surface area contributed by atoms with Gasteiger partial charge in [0.1, 0.15) is 5.82 Å². The average molecular weight is 294 g/mol. The van der Waals surface area contributed by atoms with Gasteiger partial charge in [-0.3, -0.25) is 10.1 Å². The quantitative estimate of drug-likeness (QED) is 0.640. The van der Waals surface area contributed by atoms with Gasteiger partial charge in [-0.1, -0.05) is 0 Å². The minimum Gasteiger partial charge on any atom is -0.384 e. The summed E-state index contributed by atoms with van der Waals surface area (Å²) < 4.78 is 5.21. The fourth-order valence-corrected chi connectivity index (χ4v) is 2.73. The molecule has 0 radical (unpaired) electrons. The molecule has 21 heavy (non-hydrogen) atoms. The number of hydrogen-bond acceptors (Lipinski definition) is 6. The molecule has 7 heteroatoms. The molecular weight excluding hydrogens is 272 g/mol. The van der Waals surface area contributed by atoms with Crippen LogP contribution in [0.4, 0.5) is 17.3 Å². The van der Waals surface area contributed by atoms with Crippen molar-refractivity contribution in [2.75, 3.05) is 43.6 Å². The van der Waals surface area contributed by atoms with E-state index in [0.717, 1.165) is 32.5 Å². The molecule has 1 fully saturated rings. The minimum atomic E-state index is -0.363. The highest BCUT2D eigenvalue weighted by Crippen LogP contribution is 2.31. The third kappa shape index (κ3) is 3.81. The summed E-state index contributed by atoms with van der Waals surface area (Å²) in [5, 5.41) is 14.3. The predicted molar refractivity (Wildman–Crippen MR) is 81.9 cm³/mol. The second-order valence-corrected chi connectivity index (χ2v) is 5.24. The predicted octanol–water partition coefficient (Wildman–Crippen LogP) is 2.28. The largest absolute Gasteiger partial charge is 0.384 e. The summed E-state index contributed by atoms with van der Waals surface area (Å²) in [5.74, 6) is 1.53. The second kappa shape index (κ2) is 7.21. The number of piperidine rings is 1. The zero-order valence-corrected chi connectivity index (χ0v) is 12.5. The van der Waals surface area contributed by atoms with Gasteiger partial charge in [0, 0.05) is 32.8 Å². The molecule has 2 heterocycles. The van der Waals surface area contributed by atoms with Crippen molar-refractivity contribution < 1.29 is 9.66 Å². The average Bonchev–Trinajstić information content (AvgIpc) is 2.48. The maximum atomic E-state index is 11.2. The molecule has 1 aliphatic rings. The van der Waals surface area contributed by atoms with Crippen LogP contribution in [0.15, 0.2) is 12.1 Å². The molecule has 0 spiro atoms. The van der Waals surface area contributed by atoms with E-state index in [1.54, 1.807) is 13.2 Å². The molecule has 0 aromatic carbocycles. The van der Waals surface area contributed by atoms with Crippen LogP contribution in [0.5, 0.6) is 0 Å². The molecule has 1 unspecified atom stereocenters. The van der Waals surface area contributed by atoms with Gasteiger partial charge in [-0.25, -0.2) is 4.98 Å². The van der Waals surface area contributed by atoms with Crippen molar-refractivity contribution in [1.29, 1.82) is 0 Å². The third-order valence-electron chi connectivity index (χ3n) is 3.63. The van der Waals surface area contributed by atoms with Gasteiger partial charge in [0.05, 0.1) is 11.5 Å². The van der Waals surface area contributed by atoms with Crippen molar-refractivity contribution in [3.05, 3.63) is 22.2 Å². The van der Waals surface area contributed by atoms with Gasteiger partial charge in [0.15, 0.2) is 0 Å². The lowest BCUT2D eigenvalue weighted by atomic mass is 9.99. The van der Waals surface area contributed by atoms with Crippen molar-refractivity contribution in [1.82, 2.24) is 4.98 Å². The maximum absolute atomic E-state index is 11.2. The topological polar surface area (TPSA) is 80.5 Å². The van der Waals surface area contributed by atoms with Crippen LogP contribution in [0.1, 0.15) is 19.8 Å². The zero-order chi connectivity index (χ0) is 15.2. The first-order valence-electron chi connectivity index (χ1n) is 7.29. The van der Waals surface area contributed by atoms with Crippen LogP contribution in [0.2, 0.25) is 0 Å². The fraction of sp³-hybridized carbons (Fsp3) is 0.643. The number of nitro groups is 1. The summed E-state index contributed by atoms with van der Waals surface area (Å²) in [7, 11) is 1.69. The maximum Gasteiger partial charge on any atom is 0.311 e. The fourth-order valence-electron chi connectivity index (χ4n) is 2.73. The van der Waals surface area contributed by atoms with Gasteiger partial charge < -0.3 is 15.0 Å². The molecular formula is C14H22N4O3. The summed E-state index contributed by atoms with van der Waals surface area (Å²) in [6.45, 7) is 4.92. The van der Waals surface area contributed by atoms with E-state index >= 15 is 0 Å². The first-order chi connectivity index (χ1) is 10.2. The number of nitrogens with one attached hydrogen (secondary N) is 1. The summed E-state index contributed by atoms with van der Waals surface area (Å²) >= 11 is 0. The highest BCUT2D eigenvalue weighted by atomic mass is 16.6. The van der Waals surface area contributed by atoms with E-state index in [4.69, 9.17) is 4.74 Å². The van der Waals surface area contributed by atoms with E-state index in [1.165, 1.54) is 6.07 Å². The first kappa shape index (κ1) is 15.5. The van der Waals surface area contributed by atoms with Crippen LogP contribution in [-0.4, -0.2) is 43.3 Å². The van der Waals surface area contributed by atoms with Gasteiger partial charge in [-0.2, -0.15) is 0 Å². The molecule has 1 saturated heterocycles. The van der Waals surface area contributed by atoms with Crippen molar-refractivity contribution in [3.8, 4) is 0 Å². The lowest BCUT2D eigenvalue weighted by Crippen LogP contribution is -2.38. The lowest BCUT2D eigenvalue weighted by molar-refractivity contribution is -0.384. The number of ether oxygens (including phenoxy) is 1. The molecule has 1 N–H and O–H groups in total. The summed E-state index contributed by atoms with van der Waals surface area (Å²) in [6.07, 6.45) is 2.09.